The summed E-state index contributed by atoms with van der Waals surface area (Å²) in [5, 5.41) is 10.8. The lowest BCUT2D eigenvalue weighted by molar-refractivity contribution is 0.0786. The van der Waals surface area contributed by atoms with E-state index in [0.717, 1.165) is 16.7 Å². The molecule has 3 aromatic carbocycles. The molecule has 0 fully saturated rings. The van der Waals surface area contributed by atoms with Crippen LogP contribution in [0.4, 0.5) is 5.69 Å². The number of hydrogen-bond donors (Lipinski definition) is 2. The molecule has 0 unspecified atom stereocenters. The van der Waals surface area contributed by atoms with E-state index >= 15 is 0 Å². The number of nitrogens with one attached hydrogen (secondary N) is 1. The second-order valence-electron chi connectivity index (χ2n) is 7.66. The number of sulfonamides is 1. The van der Waals surface area contributed by atoms with Crippen LogP contribution in [-0.4, -0.2) is 13.5 Å². The van der Waals surface area contributed by atoms with Crippen molar-refractivity contribution < 1.29 is 13.5 Å². The van der Waals surface area contributed by atoms with Crippen LogP contribution < -0.4 is 4.72 Å². The highest BCUT2D eigenvalue weighted by molar-refractivity contribution is 7.91. The first-order valence-corrected chi connectivity index (χ1v) is 11.3. The molecule has 0 heterocycles. The second-order valence-corrected chi connectivity index (χ2v) is 9.82. The number of halogens is 1. The summed E-state index contributed by atoms with van der Waals surface area (Å²) in [6.45, 7) is 5.31. The smallest absolute Gasteiger partial charge is 0.236 e. The van der Waals surface area contributed by atoms with Gasteiger partial charge in [-0.05, 0) is 72.9 Å². The maximum absolute atomic E-state index is 12.6. The van der Waals surface area contributed by atoms with Gasteiger partial charge in [-0.15, -0.1) is 0 Å². The average molecular weight is 430 g/mol. The van der Waals surface area contributed by atoms with Crippen molar-refractivity contribution in [3.05, 3.63) is 88.4 Å². The highest BCUT2D eigenvalue weighted by atomic mass is 35.5. The van der Waals surface area contributed by atoms with Gasteiger partial charge in [-0.3, -0.25) is 4.72 Å². The van der Waals surface area contributed by atoms with Gasteiger partial charge in [-0.25, -0.2) is 8.42 Å². The lowest BCUT2D eigenvalue weighted by Gasteiger charge is -2.19. The van der Waals surface area contributed by atoms with Gasteiger partial charge in [-0.1, -0.05) is 54.1 Å². The van der Waals surface area contributed by atoms with Crippen LogP contribution >= 0.6 is 11.6 Å². The maximum atomic E-state index is 12.6. The molecule has 4 nitrogen and oxygen atoms in total. The van der Waals surface area contributed by atoms with Gasteiger partial charge in [0.1, 0.15) is 0 Å². The average Bonchev–Trinajstić information content (AvgIpc) is 2.61. The summed E-state index contributed by atoms with van der Waals surface area (Å²) >= 11 is 6.02. The highest BCUT2D eigenvalue weighted by Gasteiger charge is 2.18. The molecule has 3 aromatic rings. The first-order valence-electron chi connectivity index (χ1n) is 9.22. The van der Waals surface area contributed by atoms with Gasteiger partial charge in [0, 0.05) is 10.7 Å². The second kappa shape index (κ2) is 8.19. The number of rotatable bonds is 6. The number of aliphatic hydroxyl groups is 1. The normalized spacial score (nSPS) is 12.0. The van der Waals surface area contributed by atoms with Crippen LogP contribution in [-0.2, 0) is 21.4 Å². The van der Waals surface area contributed by atoms with Crippen molar-refractivity contribution in [1.29, 1.82) is 0 Å². The first kappa shape index (κ1) is 21.4. The largest absolute Gasteiger partial charge is 0.386 e. The summed E-state index contributed by atoms with van der Waals surface area (Å²) in [7, 11) is -3.59. The minimum Gasteiger partial charge on any atom is -0.386 e. The lowest BCUT2D eigenvalue weighted by Crippen LogP contribution is -2.18. The van der Waals surface area contributed by atoms with Gasteiger partial charge in [0.15, 0.2) is 0 Å². The van der Waals surface area contributed by atoms with Gasteiger partial charge in [0.05, 0.1) is 11.4 Å². The molecular weight excluding hydrogens is 406 g/mol. The van der Waals surface area contributed by atoms with E-state index < -0.39 is 15.6 Å². The van der Waals surface area contributed by atoms with E-state index in [1.807, 2.05) is 49.4 Å². The molecule has 0 aromatic heterocycles. The van der Waals surface area contributed by atoms with Gasteiger partial charge in [0.25, 0.3) is 0 Å². The molecule has 0 spiro atoms. The summed E-state index contributed by atoms with van der Waals surface area (Å²) in [5.74, 6) is -0.139. The zero-order valence-corrected chi connectivity index (χ0v) is 18.2. The van der Waals surface area contributed by atoms with Crippen LogP contribution in [0.25, 0.3) is 11.1 Å². The molecule has 0 amide bonds. The van der Waals surface area contributed by atoms with Gasteiger partial charge in [-0.2, -0.15) is 0 Å². The maximum Gasteiger partial charge on any atom is 0.236 e. The fraction of sp³-hybridized carbons (Fsp3) is 0.217. The molecule has 3 rings (SSSR count). The van der Waals surface area contributed by atoms with Crippen molar-refractivity contribution in [2.24, 2.45) is 0 Å². The third-order valence-corrected chi connectivity index (χ3v) is 6.15. The Morgan fingerprint density at radius 1 is 1.00 bits per heavy atom. The third-order valence-electron chi connectivity index (χ3n) is 4.65. The molecule has 0 aliphatic heterocycles. The Morgan fingerprint density at radius 3 is 2.31 bits per heavy atom. The predicted octanol–water partition coefficient (Wildman–Crippen LogP) is 5.48. The van der Waals surface area contributed by atoms with E-state index in [1.54, 1.807) is 38.1 Å². The SMILES string of the molecule is Cc1cc(Cl)ccc1-c1ccc(CS(=O)(=O)Nc2cccc(C(C)(C)O)c2)cc1. The first-order chi connectivity index (χ1) is 13.5. The van der Waals surface area contributed by atoms with Crippen molar-refractivity contribution in [2.75, 3.05) is 4.72 Å². The Kier molecular flexibility index (Phi) is 6.03. The summed E-state index contributed by atoms with van der Waals surface area (Å²) < 4.78 is 27.8. The van der Waals surface area contributed by atoms with Crippen molar-refractivity contribution in [3.8, 4) is 11.1 Å². The van der Waals surface area contributed by atoms with Crippen molar-refractivity contribution in [2.45, 2.75) is 32.1 Å². The van der Waals surface area contributed by atoms with E-state index in [4.69, 9.17) is 11.6 Å². The zero-order valence-electron chi connectivity index (χ0n) is 16.6. The fourth-order valence-electron chi connectivity index (χ4n) is 3.13. The van der Waals surface area contributed by atoms with E-state index in [2.05, 4.69) is 4.72 Å². The molecule has 0 bridgehead atoms. The van der Waals surface area contributed by atoms with E-state index in [9.17, 15) is 13.5 Å². The Bertz CT molecular complexity index is 1120. The van der Waals surface area contributed by atoms with E-state index in [-0.39, 0.29) is 5.75 Å². The van der Waals surface area contributed by atoms with Gasteiger partial charge >= 0.3 is 0 Å². The van der Waals surface area contributed by atoms with Crippen LogP contribution in [0, 0.1) is 6.92 Å². The minimum atomic E-state index is -3.59. The Labute approximate surface area is 177 Å². The predicted molar refractivity (Wildman–Crippen MR) is 120 cm³/mol. The molecule has 29 heavy (non-hydrogen) atoms. The van der Waals surface area contributed by atoms with Crippen LogP contribution in [0.5, 0.6) is 0 Å². The summed E-state index contributed by atoms with van der Waals surface area (Å²) in [6, 6.07) is 19.9. The van der Waals surface area contributed by atoms with Crippen molar-refractivity contribution in [1.82, 2.24) is 0 Å². The molecule has 2 N–H and O–H groups in total. The number of anilines is 1. The van der Waals surface area contributed by atoms with Crippen LogP contribution in [0.15, 0.2) is 66.7 Å². The molecule has 0 atom stereocenters. The molecule has 0 aliphatic carbocycles. The Balaban J connectivity index is 1.75. The quantitative estimate of drug-likeness (QED) is 0.544. The van der Waals surface area contributed by atoms with Crippen molar-refractivity contribution >= 4 is 27.3 Å². The Hall–Kier alpha value is -2.34. The van der Waals surface area contributed by atoms with Gasteiger partial charge in [0.2, 0.25) is 10.0 Å². The standard InChI is InChI=1S/C23H24ClNO3S/c1-16-13-20(24)11-12-22(16)18-9-7-17(8-10-18)15-29(27,28)25-21-6-4-5-19(14-21)23(2,3)26/h4-14,25-26H,15H2,1-3H3. The molecule has 0 saturated carbocycles. The summed E-state index contributed by atoms with van der Waals surface area (Å²) in [4.78, 5) is 0. The number of hydrogen-bond acceptors (Lipinski definition) is 3. The minimum absolute atomic E-state index is 0.139. The molecule has 0 radical (unpaired) electrons. The summed E-state index contributed by atoms with van der Waals surface area (Å²) in [5.41, 5.74) is 3.84. The number of aryl methyl sites for hydroxylation is 1. The topological polar surface area (TPSA) is 66.4 Å². The molecular formula is C23H24ClNO3S. The lowest BCUT2D eigenvalue weighted by atomic mass is 9.98. The highest BCUT2D eigenvalue weighted by Crippen LogP contribution is 2.27. The van der Waals surface area contributed by atoms with E-state index in [1.165, 1.54) is 0 Å². The monoisotopic (exact) mass is 429 g/mol. The molecule has 0 saturated heterocycles. The molecule has 152 valence electrons. The summed E-state index contributed by atoms with van der Waals surface area (Å²) in [6.07, 6.45) is 0. The Morgan fingerprint density at radius 2 is 1.69 bits per heavy atom. The fourth-order valence-corrected chi connectivity index (χ4v) is 4.55. The molecule has 6 heteroatoms. The van der Waals surface area contributed by atoms with Crippen molar-refractivity contribution in [3.63, 3.8) is 0 Å². The van der Waals surface area contributed by atoms with E-state index in [0.29, 0.717) is 21.8 Å². The molecule has 0 aliphatic rings. The van der Waals surface area contributed by atoms with Crippen LogP contribution in [0.3, 0.4) is 0 Å². The third kappa shape index (κ3) is 5.60. The van der Waals surface area contributed by atoms with Crippen LogP contribution in [0.1, 0.15) is 30.5 Å². The number of benzene rings is 3. The van der Waals surface area contributed by atoms with Gasteiger partial charge < -0.3 is 5.11 Å². The zero-order chi connectivity index (χ0) is 21.2. The van der Waals surface area contributed by atoms with Crippen LogP contribution in [0.2, 0.25) is 5.02 Å².